The Bertz CT molecular complexity index is 659. The second kappa shape index (κ2) is 7.20. The van der Waals surface area contributed by atoms with E-state index in [-0.39, 0.29) is 0 Å². The highest BCUT2D eigenvalue weighted by molar-refractivity contribution is 6.32. The Kier molecular flexibility index (Phi) is 5.31. The summed E-state index contributed by atoms with van der Waals surface area (Å²) in [6.07, 6.45) is 0. The lowest BCUT2D eigenvalue weighted by Gasteiger charge is -2.08. The predicted octanol–water partition coefficient (Wildman–Crippen LogP) is 3.93. The number of anilines is 1. The van der Waals surface area contributed by atoms with E-state index in [2.05, 4.69) is 10.3 Å². The Morgan fingerprint density at radius 1 is 1.24 bits per heavy atom. The van der Waals surface area contributed by atoms with E-state index in [1.54, 1.807) is 19.2 Å². The van der Waals surface area contributed by atoms with Gasteiger partial charge in [-0.15, -0.1) is 0 Å². The van der Waals surface area contributed by atoms with E-state index in [1.807, 2.05) is 30.3 Å². The van der Waals surface area contributed by atoms with Gasteiger partial charge in [0.2, 0.25) is 0 Å². The van der Waals surface area contributed by atoms with E-state index in [9.17, 15) is 0 Å². The molecule has 0 aromatic heterocycles. The molecule has 0 radical (unpaired) electrons. The minimum Gasteiger partial charge on any atom is -0.495 e. The van der Waals surface area contributed by atoms with Gasteiger partial charge in [-0.25, -0.2) is 4.99 Å². The number of nitrogens with two attached hydrogens (primary N) is 1. The van der Waals surface area contributed by atoms with Gasteiger partial charge in [0.1, 0.15) is 5.75 Å². The Hall–Kier alpha value is -1.91. The van der Waals surface area contributed by atoms with Crippen molar-refractivity contribution in [1.29, 1.82) is 0 Å². The highest BCUT2D eigenvalue weighted by atomic mass is 35.5. The second-order valence-electron chi connectivity index (χ2n) is 4.31. The van der Waals surface area contributed by atoms with E-state index in [0.29, 0.717) is 28.3 Å². The molecule has 0 amide bonds. The summed E-state index contributed by atoms with van der Waals surface area (Å²) < 4.78 is 5.09. The second-order valence-corrected chi connectivity index (χ2v) is 5.15. The molecule has 0 heterocycles. The molecule has 3 N–H and O–H groups in total. The molecular weight excluding hydrogens is 309 g/mol. The molecular formula is C15H15Cl2N3O. The lowest BCUT2D eigenvalue weighted by molar-refractivity contribution is 0.415. The van der Waals surface area contributed by atoms with Crippen molar-refractivity contribution in [2.45, 2.75) is 6.54 Å². The van der Waals surface area contributed by atoms with E-state index >= 15 is 0 Å². The van der Waals surface area contributed by atoms with Crippen molar-refractivity contribution in [3.8, 4) is 5.75 Å². The zero-order chi connectivity index (χ0) is 15.2. The largest absolute Gasteiger partial charge is 0.495 e. The molecule has 0 atom stereocenters. The maximum Gasteiger partial charge on any atom is 0.193 e. The first kappa shape index (κ1) is 15.5. The van der Waals surface area contributed by atoms with Crippen LogP contribution in [0.5, 0.6) is 5.75 Å². The molecule has 0 saturated carbocycles. The van der Waals surface area contributed by atoms with Crippen molar-refractivity contribution in [3.63, 3.8) is 0 Å². The fourth-order valence-corrected chi connectivity index (χ4v) is 2.21. The molecule has 21 heavy (non-hydrogen) atoms. The molecule has 0 unspecified atom stereocenters. The Balaban J connectivity index is 2.02. The average molecular weight is 324 g/mol. The fourth-order valence-electron chi connectivity index (χ4n) is 1.74. The van der Waals surface area contributed by atoms with Crippen molar-refractivity contribution in [3.05, 3.63) is 58.1 Å². The minimum absolute atomic E-state index is 0.302. The van der Waals surface area contributed by atoms with Gasteiger partial charge < -0.3 is 15.8 Å². The summed E-state index contributed by atoms with van der Waals surface area (Å²) in [6, 6.07) is 12.8. The first-order valence-corrected chi connectivity index (χ1v) is 6.99. The number of nitrogens with zero attached hydrogens (tertiary/aromatic N) is 1. The molecule has 0 spiro atoms. The number of rotatable bonds is 4. The molecule has 0 aliphatic rings. The Morgan fingerprint density at radius 3 is 2.71 bits per heavy atom. The number of benzene rings is 2. The zero-order valence-electron chi connectivity index (χ0n) is 11.4. The molecule has 4 nitrogen and oxygen atoms in total. The zero-order valence-corrected chi connectivity index (χ0v) is 12.9. The summed E-state index contributed by atoms with van der Waals surface area (Å²) in [7, 11) is 1.56. The minimum atomic E-state index is 0.302. The van der Waals surface area contributed by atoms with Gasteiger partial charge in [-0.3, -0.25) is 0 Å². The number of hydrogen-bond donors (Lipinski definition) is 2. The highest BCUT2D eigenvalue weighted by Crippen LogP contribution is 2.27. The van der Waals surface area contributed by atoms with Crippen LogP contribution in [0, 0.1) is 0 Å². The van der Waals surface area contributed by atoms with Gasteiger partial charge in [-0.05, 0) is 35.9 Å². The monoisotopic (exact) mass is 323 g/mol. The van der Waals surface area contributed by atoms with Crippen molar-refractivity contribution >= 4 is 34.8 Å². The molecule has 2 aromatic rings. The molecule has 2 rings (SSSR count). The maximum atomic E-state index is 6.04. The fraction of sp³-hybridized carbons (Fsp3) is 0.133. The number of hydrogen-bond acceptors (Lipinski definition) is 2. The molecule has 0 bridgehead atoms. The summed E-state index contributed by atoms with van der Waals surface area (Å²) in [4.78, 5) is 4.25. The standard InChI is InChI=1S/C15H15Cl2N3O/c1-21-14-6-5-12(8-13(14)17)20-15(18)19-9-10-3-2-4-11(16)7-10/h2-8H,9H2,1H3,(H3,18,19,20). The lowest BCUT2D eigenvalue weighted by atomic mass is 10.2. The number of aliphatic imine (C=N–C) groups is 1. The van der Waals surface area contributed by atoms with Crippen LogP contribution in [-0.4, -0.2) is 13.1 Å². The van der Waals surface area contributed by atoms with Crippen LogP contribution in [-0.2, 0) is 6.54 Å². The number of halogens is 2. The van der Waals surface area contributed by atoms with Crippen LogP contribution in [0.4, 0.5) is 5.69 Å². The third-order valence-electron chi connectivity index (χ3n) is 2.75. The predicted molar refractivity (Wildman–Crippen MR) is 88.4 cm³/mol. The smallest absolute Gasteiger partial charge is 0.193 e. The third-order valence-corrected chi connectivity index (χ3v) is 3.28. The number of methoxy groups -OCH3 is 1. The van der Waals surface area contributed by atoms with Crippen LogP contribution in [0.3, 0.4) is 0 Å². The Labute approximate surface area is 133 Å². The SMILES string of the molecule is COc1ccc(NC(N)=NCc2cccc(Cl)c2)cc1Cl. The first-order chi connectivity index (χ1) is 10.1. The van der Waals surface area contributed by atoms with Crippen LogP contribution >= 0.6 is 23.2 Å². The van der Waals surface area contributed by atoms with Crippen molar-refractivity contribution in [1.82, 2.24) is 0 Å². The van der Waals surface area contributed by atoms with Crippen LogP contribution < -0.4 is 15.8 Å². The molecule has 0 aliphatic carbocycles. The van der Waals surface area contributed by atoms with E-state index < -0.39 is 0 Å². The molecule has 6 heteroatoms. The number of ether oxygens (including phenoxy) is 1. The molecule has 110 valence electrons. The van der Waals surface area contributed by atoms with Crippen LogP contribution in [0.2, 0.25) is 10.0 Å². The topological polar surface area (TPSA) is 59.6 Å². The highest BCUT2D eigenvalue weighted by Gasteiger charge is 2.02. The summed E-state index contributed by atoms with van der Waals surface area (Å²) in [5.74, 6) is 0.910. The van der Waals surface area contributed by atoms with Gasteiger partial charge in [0.15, 0.2) is 5.96 Å². The van der Waals surface area contributed by atoms with Crippen molar-refractivity contribution in [2.24, 2.45) is 10.7 Å². The maximum absolute atomic E-state index is 6.04. The molecule has 2 aromatic carbocycles. The van der Waals surface area contributed by atoms with Crippen LogP contribution in [0.15, 0.2) is 47.5 Å². The van der Waals surface area contributed by atoms with E-state index in [1.165, 1.54) is 0 Å². The summed E-state index contributed by atoms with van der Waals surface area (Å²) in [5, 5.41) is 4.16. The summed E-state index contributed by atoms with van der Waals surface area (Å²) in [6.45, 7) is 0.448. The summed E-state index contributed by atoms with van der Waals surface area (Å²) in [5.41, 5.74) is 7.57. The Morgan fingerprint density at radius 2 is 2.05 bits per heavy atom. The van der Waals surface area contributed by atoms with Gasteiger partial charge in [0.05, 0.1) is 18.7 Å². The quantitative estimate of drug-likeness (QED) is 0.662. The van der Waals surface area contributed by atoms with Crippen molar-refractivity contribution in [2.75, 3.05) is 12.4 Å². The van der Waals surface area contributed by atoms with Crippen molar-refractivity contribution < 1.29 is 4.74 Å². The molecule has 0 aliphatic heterocycles. The van der Waals surface area contributed by atoms with E-state index in [0.717, 1.165) is 11.3 Å². The number of nitrogens with one attached hydrogen (secondary N) is 1. The average Bonchev–Trinajstić information content (AvgIpc) is 2.45. The van der Waals surface area contributed by atoms with Gasteiger partial charge in [-0.2, -0.15) is 0 Å². The lowest BCUT2D eigenvalue weighted by Crippen LogP contribution is -2.22. The van der Waals surface area contributed by atoms with Crippen LogP contribution in [0.25, 0.3) is 0 Å². The van der Waals surface area contributed by atoms with Crippen LogP contribution in [0.1, 0.15) is 5.56 Å². The van der Waals surface area contributed by atoms with E-state index in [4.69, 9.17) is 33.7 Å². The van der Waals surface area contributed by atoms with Gasteiger partial charge >= 0.3 is 0 Å². The molecule has 0 saturated heterocycles. The molecule has 0 fully saturated rings. The van der Waals surface area contributed by atoms with Gasteiger partial charge in [-0.1, -0.05) is 35.3 Å². The van der Waals surface area contributed by atoms with Gasteiger partial charge in [0.25, 0.3) is 0 Å². The third kappa shape index (κ3) is 4.55. The number of guanidine groups is 1. The first-order valence-electron chi connectivity index (χ1n) is 6.23. The van der Waals surface area contributed by atoms with Gasteiger partial charge in [0, 0.05) is 10.7 Å². The summed E-state index contributed by atoms with van der Waals surface area (Å²) >= 11 is 12.0. The normalized spacial score (nSPS) is 11.3.